The average Bonchev–Trinajstić information content (AvgIpc) is 2.81. The van der Waals surface area contributed by atoms with Gasteiger partial charge in [0.25, 0.3) is 0 Å². The van der Waals surface area contributed by atoms with Crippen LogP contribution in [0, 0.1) is 0 Å². The summed E-state index contributed by atoms with van der Waals surface area (Å²) < 4.78 is 1.43. The third-order valence-electron chi connectivity index (χ3n) is 2.37. The Morgan fingerprint density at radius 1 is 1.37 bits per heavy atom. The van der Waals surface area contributed by atoms with Crippen LogP contribution >= 0.6 is 11.6 Å². The molecule has 1 heterocycles. The first kappa shape index (κ1) is 13.1. The van der Waals surface area contributed by atoms with Crippen LogP contribution in [0.2, 0.25) is 5.02 Å². The number of nitrogens with zero attached hydrogens (tertiary/aromatic N) is 2. The van der Waals surface area contributed by atoms with E-state index < -0.39 is 5.97 Å². The van der Waals surface area contributed by atoms with Crippen LogP contribution in [0.15, 0.2) is 36.7 Å². The van der Waals surface area contributed by atoms with Crippen LogP contribution in [0.1, 0.15) is 10.4 Å². The van der Waals surface area contributed by atoms with E-state index in [1.54, 1.807) is 24.5 Å². The summed E-state index contributed by atoms with van der Waals surface area (Å²) in [5.74, 6) is -1.58. The highest BCUT2D eigenvalue weighted by molar-refractivity contribution is 6.34. The van der Waals surface area contributed by atoms with Crippen LogP contribution < -0.4 is 5.32 Å². The van der Waals surface area contributed by atoms with Crippen molar-refractivity contribution in [3.8, 4) is 0 Å². The maximum atomic E-state index is 11.8. The zero-order valence-electron chi connectivity index (χ0n) is 9.71. The third kappa shape index (κ3) is 3.11. The van der Waals surface area contributed by atoms with Crippen molar-refractivity contribution in [2.45, 2.75) is 6.54 Å². The average molecular weight is 280 g/mol. The van der Waals surface area contributed by atoms with Crippen molar-refractivity contribution in [3.05, 3.63) is 47.2 Å². The monoisotopic (exact) mass is 279 g/mol. The fourth-order valence-electron chi connectivity index (χ4n) is 1.58. The SMILES string of the molecule is O=C(Cn1cccn1)Nc1cccc(Cl)c1C(=O)O. The number of anilines is 1. The van der Waals surface area contributed by atoms with E-state index in [2.05, 4.69) is 10.4 Å². The molecule has 6 nitrogen and oxygen atoms in total. The number of aromatic nitrogens is 2. The van der Waals surface area contributed by atoms with Crippen molar-refractivity contribution in [1.82, 2.24) is 9.78 Å². The number of carboxylic acid groups (broad SMARTS) is 1. The summed E-state index contributed by atoms with van der Waals surface area (Å²) in [5, 5.41) is 15.5. The van der Waals surface area contributed by atoms with Gasteiger partial charge in [-0.05, 0) is 18.2 Å². The van der Waals surface area contributed by atoms with Gasteiger partial charge >= 0.3 is 5.97 Å². The maximum Gasteiger partial charge on any atom is 0.339 e. The van der Waals surface area contributed by atoms with Gasteiger partial charge in [0.15, 0.2) is 0 Å². The predicted octanol–water partition coefficient (Wildman–Crippen LogP) is 1.87. The van der Waals surface area contributed by atoms with Gasteiger partial charge in [-0.15, -0.1) is 0 Å². The molecular formula is C12H10ClN3O3. The third-order valence-corrected chi connectivity index (χ3v) is 2.68. The highest BCUT2D eigenvalue weighted by Gasteiger charge is 2.16. The number of carbonyl (C=O) groups excluding carboxylic acids is 1. The van der Waals surface area contributed by atoms with Crippen molar-refractivity contribution in [2.75, 3.05) is 5.32 Å². The van der Waals surface area contributed by atoms with E-state index in [1.165, 1.54) is 16.8 Å². The standard InChI is InChI=1S/C12H10ClN3O3/c13-8-3-1-4-9(11(8)12(18)19)15-10(17)7-16-6-2-5-14-16/h1-6H,7H2,(H,15,17)(H,18,19). The zero-order valence-corrected chi connectivity index (χ0v) is 10.5. The molecule has 0 radical (unpaired) electrons. The molecule has 0 saturated carbocycles. The molecule has 2 N–H and O–H groups in total. The lowest BCUT2D eigenvalue weighted by atomic mass is 10.2. The van der Waals surface area contributed by atoms with E-state index in [4.69, 9.17) is 16.7 Å². The summed E-state index contributed by atoms with van der Waals surface area (Å²) in [7, 11) is 0. The summed E-state index contributed by atoms with van der Waals surface area (Å²) in [6.07, 6.45) is 3.19. The molecule has 0 aliphatic heterocycles. The van der Waals surface area contributed by atoms with Crippen LogP contribution in [0.25, 0.3) is 0 Å². The fraction of sp³-hybridized carbons (Fsp3) is 0.0833. The number of aromatic carboxylic acids is 1. The molecule has 1 aromatic carbocycles. The van der Waals surface area contributed by atoms with Gasteiger partial charge in [0.1, 0.15) is 12.1 Å². The predicted molar refractivity (Wildman–Crippen MR) is 69.3 cm³/mol. The van der Waals surface area contributed by atoms with Gasteiger partial charge < -0.3 is 10.4 Å². The first-order chi connectivity index (χ1) is 9.08. The Kier molecular flexibility index (Phi) is 3.82. The minimum atomic E-state index is -1.19. The normalized spacial score (nSPS) is 10.2. The lowest BCUT2D eigenvalue weighted by Crippen LogP contribution is -2.20. The number of carboxylic acids is 1. The van der Waals surface area contributed by atoms with Crippen molar-refractivity contribution in [3.63, 3.8) is 0 Å². The molecule has 7 heteroatoms. The molecule has 0 saturated heterocycles. The molecule has 98 valence electrons. The van der Waals surface area contributed by atoms with Gasteiger partial charge in [0, 0.05) is 12.4 Å². The van der Waals surface area contributed by atoms with Crippen molar-refractivity contribution in [1.29, 1.82) is 0 Å². The second kappa shape index (κ2) is 5.53. The smallest absolute Gasteiger partial charge is 0.339 e. The highest BCUT2D eigenvalue weighted by Crippen LogP contribution is 2.24. The van der Waals surface area contributed by atoms with Gasteiger partial charge in [0.05, 0.1) is 10.7 Å². The first-order valence-corrected chi connectivity index (χ1v) is 5.75. The Balaban J connectivity index is 2.17. The minimum absolute atomic E-state index is 0.00142. The summed E-state index contributed by atoms with van der Waals surface area (Å²) in [4.78, 5) is 22.8. The first-order valence-electron chi connectivity index (χ1n) is 5.37. The molecule has 2 rings (SSSR count). The molecule has 19 heavy (non-hydrogen) atoms. The van der Waals surface area contributed by atoms with Crippen LogP contribution in [0.3, 0.4) is 0 Å². The molecular weight excluding hydrogens is 270 g/mol. The number of carbonyl (C=O) groups is 2. The Bertz CT molecular complexity index is 611. The molecule has 0 bridgehead atoms. The summed E-state index contributed by atoms with van der Waals surface area (Å²) in [5.41, 5.74) is 0.0372. The lowest BCUT2D eigenvalue weighted by Gasteiger charge is -2.09. The van der Waals surface area contributed by atoms with Gasteiger partial charge in [-0.1, -0.05) is 17.7 Å². The Labute approximate surface area is 113 Å². The largest absolute Gasteiger partial charge is 0.478 e. The molecule has 1 aromatic heterocycles. The maximum absolute atomic E-state index is 11.8. The Hall–Kier alpha value is -2.34. The number of benzene rings is 1. The van der Waals surface area contributed by atoms with Crippen molar-refractivity contribution in [2.24, 2.45) is 0 Å². The van der Waals surface area contributed by atoms with Gasteiger partial charge in [-0.25, -0.2) is 4.79 Å². The summed E-state index contributed by atoms with van der Waals surface area (Å²) in [6.45, 7) is -0.00142. The molecule has 2 aromatic rings. The van der Waals surface area contributed by atoms with Crippen LogP contribution in [0.4, 0.5) is 5.69 Å². The van der Waals surface area contributed by atoms with E-state index in [9.17, 15) is 9.59 Å². The van der Waals surface area contributed by atoms with Gasteiger partial charge in [-0.2, -0.15) is 5.10 Å². The second-order valence-corrected chi connectivity index (χ2v) is 4.13. The van der Waals surface area contributed by atoms with Gasteiger partial charge in [0.2, 0.25) is 5.91 Å². The Morgan fingerprint density at radius 2 is 2.16 bits per heavy atom. The zero-order chi connectivity index (χ0) is 13.8. The number of hydrogen-bond donors (Lipinski definition) is 2. The molecule has 0 aliphatic rings. The molecule has 0 unspecified atom stereocenters. The Morgan fingerprint density at radius 3 is 2.79 bits per heavy atom. The lowest BCUT2D eigenvalue weighted by molar-refractivity contribution is -0.116. The van der Waals surface area contributed by atoms with E-state index >= 15 is 0 Å². The van der Waals surface area contributed by atoms with Crippen molar-refractivity contribution < 1.29 is 14.7 Å². The number of nitrogens with one attached hydrogen (secondary N) is 1. The molecule has 0 aliphatic carbocycles. The second-order valence-electron chi connectivity index (χ2n) is 3.72. The van der Waals surface area contributed by atoms with E-state index in [1.807, 2.05) is 0 Å². The number of halogens is 1. The number of amides is 1. The highest BCUT2D eigenvalue weighted by atomic mass is 35.5. The van der Waals surface area contributed by atoms with Crippen LogP contribution in [0.5, 0.6) is 0 Å². The minimum Gasteiger partial charge on any atom is -0.478 e. The quantitative estimate of drug-likeness (QED) is 0.895. The summed E-state index contributed by atoms with van der Waals surface area (Å²) >= 11 is 5.80. The van der Waals surface area contributed by atoms with Crippen LogP contribution in [-0.4, -0.2) is 26.8 Å². The summed E-state index contributed by atoms with van der Waals surface area (Å²) in [6, 6.07) is 6.19. The van der Waals surface area contributed by atoms with E-state index in [-0.39, 0.29) is 28.7 Å². The van der Waals surface area contributed by atoms with Crippen molar-refractivity contribution >= 4 is 29.2 Å². The van der Waals surface area contributed by atoms with Crippen LogP contribution in [-0.2, 0) is 11.3 Å². The molecule has 0 atom stereocenters. The molecule has 1 amide bonds. The topological polar surface area (TPSA) is 84.2 Å². The fourth-order valence-corrected chi connectivity index (χ4v) is 1.83. The van der Waals surface area contributed by atoms with Gasteiger partial charge in [-0.3, -0.25) is 9.48 Å². The van der Waals surface area contributed by atoms with E-state index in [0.717, 1.165) is 0 Å². The number of hydrogen-bond acceptors (Lipinski definition) is 3. The van der Waals surface area contributed by atoms with E-state index in [0.29, 0.717) is 0 Å². The molecule has 0 spiro atoms. The molecule has 0 fully saturated rings. The number of rotatable bonds is 4.